The molecule has 1 aliphatic carbocycles. The van der Waals surface area contributed by atoms with Crippen LogP contribution in [0.1, 0.15) is 32.6 Å². The van der Waals surface area contributed by atoms with E-state index in [4.69, 9.17) is 4.74 Å². The fraction of sp³-hybridized carbons (Fsp3) is 0.818. The maximum atomic E-state index is 5.12. The Hall–Kier alpha value is -0.480. The van der Waals surface area contributed by atoms with E-state index in [1.807, 2.05) is 0 Å². The third-order valence-corrected chi connectivity index (χ3v) is 2.54. The maximum Gasteiger partial charge on any atom is 0.0490 e. The second-order valence-electron chi connectivity index (χ2n) is 3.58. The molecule has 0 atom stereocenters. The van der Waals surface area contributed by atoms with E-state index >= 15 is 0 Å². The molecule has 0 amide bonds. The van der Waals surface area contributed by atoms with Gasteiger partial charge in [0.2, 0.25) is 0 Å². The van der Waals surface area contributed by atoms with Crippen LogP contribution in [-0.2, 0) is 4.74 Å². The Bertz CT molecular complexity index is 109. The Morgan fingerprint density at radius 1 is 1.17 bits per heavy atom. The summed E-state index contributed by atoms with van der Waals surface area (Å²) in [4.78, 5) is 0. The lowest BCUT2D eigenvalue weighted by atomic mass is 9.83. The Balaban J connectivity index is 0.000000561. The van der Waals surface area contributed by atoms with Gasteiger partial charge in [-0.15, -0.1) is 12.8 Å². The summed E-state index contributed by atoms with van der Waals surface area (Å²) in [6.07, 6.45) is 13.6. The minimum atomic E-state index is 0.862. The average Bonchev–Trinajstić information content (AvgIpc) is 2.13. The van der Waals surface area contributed by atoms with Gasteiger partial charge in [0.1, 0.15) is 0 Å². The minimum absolute atomic E-state index is 0.862. The molecular weight excluding hydrogens is 148 g/mol. The number of methoxy groups -OCH3 is 1. The lowest BCUT2D eigenvalue weighted by Gasteiger charge is -2.25. The Morgan fingerprint density at radius 3 is 2.08 bits per heavy atom. The van der Waals surface area contributed by atoms with Gasteiger partial charge in [-0.25, -0.2) is 0 Å². The van der Waals surface area contributed by atoms with Crippen molar-refractivity contribution in [2.75, 3.05) is 13.7 Å². The highest BCUT2D eigenvalue weighted by Gasteiger charge is 2.17. The van der Waals surface area contributed by atoms with Crippen molar-refractivity contribution in [2.24, 2.45) is 11.8 Å². The van der Waals surface area contributed by atoms with Gasteiger partial charge in [0.15, 0.2) is 0 Å². The first-order chi connectivity index (χ1) is 5.83. The van der Waals surface area contributed by atoms with Crippen LogP contribution in [-0.4, -0.2) is 13.7 Å². The molecule has 70 valence electrons. The van der Waals surface area contributed by atoms with Crippen molar-refractivity contribution in [3.8, 4) is 12.8 Å². The first-order valence-corrected chi connectivity index (χ1v) is 4.65. The molecule has 0 bridgehead atoms. The van der Waals surface area contributed by atoms with Crippen molar-refractivity contribution in [1.29, 1.82) is 0 Å². The van der Waals surface area contributed by atoms with Gasteiger partial charge in [-0.05, 0) is 24.7 Å². The van der Waals surface area contributed by atoms with Crippen LogP contribution in [0.5, 0.6) is 0 Å². The van der Waals surface area contributed by atoms with Crippen LogP contribution in [0.2, 0.25) is 0 Å². The zero-order chi connectivity index (χ0) is 9.40. The van der Waals surface area contributed by atoms with Crippen molar-refractivity contribution in [2.45, 2.75) is 32.6 Å². The molecule has 0 aromatic heterocycles. The van der Waals surface area contributed by atoms with Gasteiger partial charge in [-0.2, -0.15) is 0 Å². The van der Waals surface area contributed by atoms with E-state index in [9.17, 15) is 0 Å². The highest BCUT2D eigenvalue weighted by Crippen LogP contribution is 2.27. The molecule has 1 aliphatic rings. The first kappa shape index (κ1) is 11.5. The van der Waals surface area contributed by atoms with E-state index in [0.717, 1.165) is 18.4 Å². The van der Waals surface area contributed by atoms with E-state index in [-0.39, 0.29) is 0 Å². The molecule has 0 heterocycles. The lowest BCUT2D eigenvalue weighted by Crippen LogP contribution is -2.16. The highest BCUT2D eigenvalue weighted by atomic mass is 16.5. The number of hydrogen-bond donors (Lipinski definition) is 0. The number of ether oxygens (including phenoxy) is 1. The number of rotatable bonds is 2. The van der Waals surface area contributed by atoms with Gasteiger partial charge < -0.3 is 4.74 Å². The summed E-state index contributed by atoms with van der Waals surface area (Å²) in [6, 6.07) is 0. The topological polar surface area (TPSA) is 9.23 Å². The van der Waals surface area contributed by atoms with Crippen LogP contribution in [0.25, 0.3) is 0 Å². The van der Waals surface area contributed by atoms with Crippen molar-refractivity contribution in [1.82, 2.24) is 0 Å². The maximum absolute atomic E-state index is 5.12. The number of terminal acetylenes is 1. The summed E-state index contributed by atoms with van der Waals surface area (Å²) in [6.45, 7) is 3.33. The van der Waals surface area contributed by atoms with Crippen LogP contribution >= 0.6 is 0 Å². The smallest absolute Gasteiger partial charge is 0.0490 e. The fourth-order valence-corrected chi connectivity index (χ4v) is 1.73. The third-order valence-electron chi connectivity index (χ3n) is 2.54. The molecule has 0 aliphatic heterocycles. The molecule has 0 N–H and O–H groups in total. The average molecular weight is 168 g/mol. The first-order valence-electron chi connectivity index (χ1n) is 4.65. The van der Waals surface area contributed by atoms with E-state index in [2.05, 4.69) is 19.8 Å². The number of hydrogen-bond acceptors (Lipinski definition) is 1. The Kier molecular flexibility index (Phi) is 6.90. The van der Waals surface area contributed by atoms with Crippen LogP contribution in [0.3, 0.4) is 0 Å². The summed E-state index contributed by atoms with van der Waals surface area (Å²) in [5, 5.41) is 0. The fourth-order valence-electron chi connectivity index (χ4n) is 1.73. The molecule has 0 aromatic carbocycles. The Morgan fingerprint density at radius 2 is 1.67 bits per heavy atom. The molecular formula is C11H20O. The summed E-state index contributed by atoms with van der Waals surface area (Å²) >= 11 is 0. The predicted molar refractivity (Wildman–Crippen MR) is 52.9 cm³/mol. The zero-order valence-electron chi connectivity index (χ0n) is 8.25. The summed E-state index contributed by atoms with van der Waals surface area (Å²) in [5.41, 5.74) is 0. The lowest BCUT2D eigenvalue weighted by molar-refractivity contribution is 0.121. The zero-order valence-corrected chi connectivity index (χ0v) is 8.25. The predicted octanol–water partition coefficient (Wildman–Crippen LogP) is 2.71. The van der Waals surface area contributed by atoms with Gasteiger partial charge in [-0.1, -0.05) is 19.8 Å². The summed E-state index contributed by atoms with van der Waals surface area (Å²) in [7, 11) is 1.80. The summed E-state index contributed by atoms with van der Waals surface area (Å²) in [5.74, 6) is 1.83. The second kappa shape index (κ2) is 7.18. The second-order valence-corrected chi connectivity index (χ2v) is 3.58. The van der Waals surface area contributed by atoms with Crippen molar-refractivity contribution >= 4 is 0 Å². The van der Waals surface area contributed by atoms with Crippen LogP contribution < -0.4 is 0 Å². The van der Waals surface area contributed by atoms with Gasteiger partial charge in [0.25, 0.3) is 0 Å². The summed E-state index contributed by atoms with van der Waals surface area (Å²) < 4.78 is 5.12. The molecule has 12 heavy (non-hydrogen) atoms. The minimum Gasteiger partial charge on any atom is -0.384 e. The van der Waals surface area contributed by atoms with E-state index in [1.54, 1.807) is 7.11 Å². The molecule has 0 unspecified atom stereocenters. The molecule has 0 spiro atoms. The largest absolute Gasteiger partial charge is 0.384 e. The molecule has 1 rings (SSSR count). The third kappa shape index (κ3) is 4.41. The standard InChI is InChI=1S/C9H18O.C2H2/c1-8-3-5-9(6-4-8)7-10-2;1-2/h8-9H,3-7H2,1-2H3;1-2H. The monoisotopic (exact) mass is 168 g/mol. The molecule has 1 saturated carbocycles. The molecule has 0 radical (unpaired) electrons. The molecule has 1 nitrogen and oxygen atoms in total. The normalized spacial score (nSPS) is 28.7. The molecule has 0 saturated heterocycles. The molecule has 0 aromatic rings. The van der Waals surface area contributed by atoms with Crippen molar-refractivity contribution in [3.05, 3.63) is 0 Å². The van der Waals surface area contributed by atoms with Gasteiger partial charge in [0, 0.05) is 13.7 Å². The Labute approximate surface area is 76.5 Å². The van der Waals surface area contributed by atoms with Crippen molar-refractivity contribution < 1.29 is 4.74 Å². The van der Waals surface area contributed by atoms with E-state index in [1.165, 1.54) is 25.7 Å². The van der Waals surface area contributed by atoms with Crippen LogP contribution in [0, 0.1) is 24.7 Å². The van der Waals surface area contributed by atoms with Gasteiger partial charge >= 0.3 is 0 Å². The molecule has 1 fully saturated rings. The quantitative estimate of drug-likeness (QED) is 0.576. The van der Waals surface area contributed by atoms with Gasteiger partial charge in [0.05, 0.1) is 0 Å². The van der Waals surface area contributed by atoms with Gasteiger partial charge in [-0.3, -0.25) is 0 Å². The van der Waals surface area contributed by atoms with E-state index in [0.29, 0.717) is 0 Å². The highest BCUT2D eigenvalue weighted by molar-refractivity contribution is 4.69. The molecule has 1 heteroatoms. The van der Waals surface area contributed by atoms with Crippen LogP contribution in [0.4, 0.5) is 0 Å². The van der Waals surface area contributed by atoms with Crippen molar-refractivity contribution in [3.63, 3.8) is 0 Å². The van der Waals surface area contributed by atoms with Crippen LogP contribution in [0.15, 0.2) is 0 Å². The van der Waals surface area contributed by atoms with E-state index < -0.39 is 0 Å². The SMILES string of the molecule is C#C.COCC1CCC(C)CC1.